The lowest BCUT2D eigenvalue weighted by molar-refractivity contribution is -0.123. The van der Waals surface area contributed by atoms with Crippen molar-refractivity contribution in [3.8, 4) is 0 Å². The van der Waals surface area contributed by atoms with Gasteiger partial charge in [0.25, 0.3) is 11.8 Å². The standard InChI is InChI=1S/C19H26N4O7/c1-12(24)20-13-7-14(21-16(25)9-28-2)19-15(8-13)22(17(26)10-29-3)5-6-23(19)18(27)11-30-4/h7-8H,5-6,9-11H2,1-4H3,(H,20,24)(H,21,25). The summed E-state index contributed by atoms with van der Waals surface area (Å²) in [4.78, 5) is 51.9. The average Bonchev–Trinajstić information content (AvgIpc) is 2.67. The van der Waals surface area contributed by atoms with Crippen LogP contribution in [0.3, 0.4) is 0 Å². The van der Waals surface area contributed by atoms with Crippen molar-refractivity contribution >= 4 is 46.4 Å². The minimum Gasteiger partial charge on any atom is -0.375 e. The van der Waals surface area contributed by atoms with E-state index < -0.39 is 5.91 Å². The van der Waals surface area contributed by atoms with Gasteiger partial charge in [0, 0.05) is 47.0 Å². The molecule has 0 radical (unpaired) electrons. The molecule has 0 aliphatic carbocycles. The average molecular weight is 422 g/mol. The van der Waals surface area contributed by atoms with Gasteiger partial charge in [0.1, 0.15) is 19.8 Å². The molecule has 0 aromatic heterocycles. The molecule has 4 amide bonds. The molecule has 1 aliphatic heterocycles. The van der Waals surface area contributed by atoms with Gasteiger partial charge in [0.15, 0.2) is 0 Å². The number of ether oxygens (including phenoxy) is 3. The summed E-state index contributed by atoms with van der Waals surface area (Å²) >= 11 is 0. The third-order valence-corrected chi connectivity index (χ3v) is 4.21. The number of nitrogens with zero attached hydrogens (tertiary/aromatic N) is 2. The Morgan fingerprint density at radius 3 is 2.00 bits per heavy atom. The number of methoxy groups -OCH3 is 3. The molecule has 2 N–H and O–H groups in total. The Balaban J connectivity index is 2.64. The van der Waals surface area contributed by atoms with Crippen LogP contribution in [0.5, 0.6) is 0 Å². The second kappa shape index (κ2) is 10.7. The summed E-state index contributed by atoms with van der Waals surface area (Å²) in [5.74, 6) is -1.46. The van der Waals surface area contributed by atoms with Gasteiger partial charge >= 0.3 is 0 Å². The number of fused-ring (bicyclic) bond motifs is 1. The maximum atomic E-state index is 12.7. The lowest BCUT2D eigenvalue weighted by atomic mass is 10.1. The number of hydrogen-bond acceptors (Lipinski definition) is 7. The number of benzene rings is 1. The highest BCUT2D eigenvalue weighted by Gasteiger charge is 2.33. The van der Waals surface area contributed by atoms with Crippen molar-refractivity contribution in [2.45, 2.75) is 6.92 Å². The molecule has 1 aliphatic rings. The third kappa shape index (κ3) is 5.53. The molecule has 1 aromatic rings. The molecule has 1 aromatic carbocycles. The van der Waals surface area contributed by atoms with Gasteiger partial charge in [0.05, 0.1) is 17.1 Å². The highest BCUT2D eigenvalue weighted by molar-refractivity contribution is 6.11. The number of rotatable bonds is 8. The summed E-state index contributed by atoms with van der Waals surface area (Å²) in [7, 11) is 4.18. The Hall–Kier alpha value is -3.02. The highest BCUT2D eigenvalue weighted by atomic mass is 16.5. The van der Waals surface area contributed by atoms with E-state index in [1.165, 1.54) is 44.1 Å². The minimum absolute atomic E-state index is 0.165. The molecule has 164 valence electrons. The van der Waals surface area contributed by atoms with E-state index in [9.17, 15) is 19.2 Å². The first-order valence-corrected chi connectivity index (χ1v) is 9.15. The minimum atomic E-state index is -0.459. The van der Waals surface area contributed by atoms with Crippen LogP contribution in [0.15, 0.2) is 12.1 Å². The molecule has 0 unspecified atom stereocenters. The first-order valence-electron chi connectivity index (χ1n) is 9.15. The molecule has 0 bridgehead atoms. The number of anilines is 4. The van der Waals surface area contributed by atoms with Crippen molar-refractivity contribution in [1.82, 2.24) is 0 Å². The van der Waals surface area contributed by atoms with Crippen molar-refractivity contribution < 1.29 is 33.4 Å². The van der Waals surface area contributed by atoms with E-state index in [1.54, 1.807) is 6.07 Å². The van der Waals surface area contributed by atoms with Gasteiger partial charge in [0.2, 0.25) is 11.8 Å². The summed E-state index contributed by atoms with van der Waals surface area (Å²) < 4.78 is 14.8. The van der Waals surface area contributed by atoms with E-state index in [-0.39, 0.29) is 56.3 Å². The van der Waals surface area contributed by atoms with Gasteiger partial charge in [-0.3, -0.25) is 19.2 Å². The van der Waals surface area contributed by atoms with E-state index in [0.29, 0.717) is 17.1 Å². The molecule has 0 spiro atoms. The number of amides is 4. The van der Waals surface area contributed by atoms with Gasteiger partial charge in [-0.1, -0.05) is 0 Å². The Bertz CT molecular complexity index is 827. The molecule has 30 heavy (non-hydrogen) atoms. The molecule has 0 saturated carbocycles. The lowest BCUT2D eigenvalue weighted by Gasteiger charge is -2.38. The smallest absolute Gasteiger partial charge is 0.253 e. The maximum Gasteiger partial charge on any atom is 0.253 e. The second-order valence-electron chi connectivity index (χ2n) is 6.51. The van der Waals surface area contributed by atoms with Crippen LogP contribution in [0, 0.1) is 0 Å². The summed E-state index contributed by atoms with van der Waals surface area (Å²) in [6.07, 6.45) is 0. The molecular formula is C19H26N4O7. The number of carbonyl (C=O) groups excluding carboxylic acids is 4. The highest BCUT2D eigenvalue weighted by Crippen LogP contribution is 2.42. The van der Waals surface area contributed by atoms with Crippen LogP contribution in [-0.2, 0) is 33.4 Å². The van der Waals surface area contributed by atoms with Gasteiger partial charge in [-0.15, -0.1) is 0 Å². The van der Waals surface area contributed by atoms with Gasteiger partial charge in [-0.2, -0.15) is 0 Å². The summed E-state index contributed by atoms with van der Waals surface area (Å²) in [5, 5.41) is 5.33. The van der Waals surface area contributed by atoms with Crippen molar-refractivity contribution in [3.05, 3.63) is 12.1 Å². The molecule has 1 heterocycles. The van der Waals surface area contributed by atoms with Crippen LogP contribution in [0.4, 0.5) is 22.7 Å². The van der Waals surface area contributed by atoms with Gasteiger partial charge in [-0.05, 0) is 12.1 Å². The third-order valence-electron chi connectivity index (χ3n) is 4.21. The zero-order chi connectivity index (χ0) is 22.3. The van der Waals surface area contributed by atoms with Crippen molar-refractivity contribution in [2.24, 2.45) is 0 Å². The van der Waals surface area contributed by atoms with Crippen LogP contribution >= 0.6 is 0 Å². The van der Waals surface area contributed by atoms with Crippen molar-refractivity contribution in [3.63, 3.8) is 0 Å². The van der Waals surface area contributed by atoms with E-state index >= 15 is 0 Å². The molecule has 2 rings (SSSR count). The lowest BCUT2D eigenvalue weighted by Crippen LogP contribution is -2.48. The molecule has 0 saturated heterocycles. The summed E-state index contributed by atoms with van der Waals surface area (Å²) in [6.45, 7) is 1.19. The quantitative estimate of drug-likeness (QED) is 0.613. The number of hydrogen-bond donors (Lipinski definition) is 2. The second-order valence-corrected chi connectivity index (χ2v) is 6.51. The first kappa shape index (κ1) is 23.3. The predicted octanol–water partition coefficient (Wildman–Crippen LogP) is 0.202. The Morgan fingerprint density at radius 1 is 0.867 bits per heavy atom. The first-order chi connectivity index (χ1) is 14.3. The van der Waals surface area contributed by atoms with E-state index in [2.05, 4.69) is 10.6 Å². The summed E-state index contributed by atoms with van der Waals surface area (Å²) in [5.41, 5.74) is 1.28. The molecule has 0 fully saturated rings. The number of carbonyl (C=O) groups is 4. The fourth-order valence-corrected chi connectivity index (χ4v) is 3.14. The van der Waals surface area contributed by atoms with E-state index in [0.717, 1.165) is 0 Å². The molecule has 11 heteroatoms. The topological polar surface area (TPSA) is 127 Å². The fraction of sp³-hybridized carbons (Fsp3) is 0.474. The van der Waals surface area contributed by atoms with Crippen LogP contribution < -0.4 is 20.4 Å². The zero-order valence-electron chi connectivity index (χ0n) is 17.4. The Labute approximate surface area is 174 Å². The Morgan fingerprint density at radius 2 is 1.43 bits per heavy atom. The monoisotopic (exact) mass is 422 g/mol. The number of nitrogens with one attached hydrogen (secondary N) is 2. The van der Waals surface area contributed by atoms with Crippen molar-refractivity contribution in [1.29, 1.82) is 0 Å². The molecular weight excluding hydrogens is 396 g/mol. The van der Waals surface area contributed by atoms with Crippen molar-refractivity contribution in [2.75, 3.05) is 74.7 Å². The fourth-order valence-electron chi connectivity index (χ4n) is 3.14. The van der Waals surface area contributed by atoms with E-state index in [1.807, 2.05) is 0 Å². The van der Waals surface area contributed by atoms with Gasteiger partial charge in [-0.25, -0.2) is 0 Å². The van der Waals surface area contributed by atoms with Crippen LogP contribution in [-0.4, -0.2) is 77.9 Å². The SMILES string of the molecule is COCC(=O)Nc1cc(NC(C)=O)cc2c1N(C(=O)COC)CCN2C(=O)COC. The summed E-state index contributed by atoms with van der Waals surface area (Å²) in [6, 6.07) is 3.09. The molecule has 0 atom stereocenters. The largest absolute Gasteiger partial charge is 0.375 e. The van der Waals surface area contributed by atoms with Crippen LogP contribution in [0.1, 0.15) is 6.92 Å². The van der Waals surface area contributed by atoms with Crippen LogP contribution in [0.2, 0.25) is 0 Å². The van der Waals surface area contributed by atoms with E-state index in [4.69, 9.17) is 14.2 Å². The maximum absolute atomic E-state index is 12.7. The normalized spacial score (nSPS) is 12.9. The predicted molar refractivity (Wildman–Crippen MR) is 110 cm³/mol. The molecule has 11 nitrogen and oxygen atoms in total. The van der Waals surface area contributed by atoms with Crippen LogP contribution in [0.25, 0.3) is 0 Å². The Kier molecular flexibility index (Phi) is 8.27. The zero-order valence-corrected chi connectivity index (χ0v) is 17.4. The van der Waals surface area contributed by atoms with Gasteiger partial charge < -0.3 is 34.6 Å².